The third kappa shape index (κ3) is 3.84. The van der Waals surface area contributed by atoms with E-state index in [4.69, 9.17) is 14.2 Å². The van der Waals surface area contributed by atoms with E-state index >= 15 is 0 Å². The van der Waals surface area contributed by atoms with Crippen molar-refractivity contribution in [2.24, 2.45) is 7.05 Å². The van der Waals surface area contributed by atoms with Gasteiger partial charge in [-0.15, -0.1) is 0 Å². The first kappa shape index (κ1) is 20.9. The smallest absolute Gasteiger partial charge is 0.332 e. The van der Waals surface area contributed by atoms with Crippen molar-refractivity contribution in [3.05, 3.63) is 51.3 Å². The van der Waals surface area contributed by atoms with Gasteiger partial charge in [-0.25, -0.2) is 14.3 Å². The maximum Gasteiger partial charge on any atom is 0.332 e. The van der Waals surface area contributed by atoms with Crippen molar-refractivity contribution in [3.63, 3.8) is 0 Å². The summed E-state index contributed by atoms with van der Waals surface area (Å²) in [6, 6.07) is 6.38. The Kier molecular flexibility index (Phi) is 6.05. The molecular formula is C20H22N4O6. The topological polar surface area (TPSA) is 114 Å². The Labute approximate surface area is 171 Å². The zero-order valence-corrected chi connectivity index (χ0v) is 17.1. The van der Waals surface area contributed by atoms with Gasteiger partial charge in [0.15, 0.2) is 17.1 Å². The van der Waals surface area contributed by atoms with Crippen molar-refractivity contribution < 1.29 is 19.0 Å². The van der Waals surface area contributed by atoms with Crippen molar-refractivity contribution in [3.8, 4) is 17.2 Å². The lowest BCUT2D eigenvalue weighted by atomic mass is 10.2. The van der Waals surface area contributed by atoms with Crippen LogP contribution in [0.1, 0.15) is 6.92 Å². The molecule has 2 heterocycles. The zero-order valence-electron chi connectivity index (χ0n) is 17.1. The van der Waals surface area contributed by atoms with Crippen LogP contribution in [0.5, 0.6) is 17.2 Å². The van der Waals surface area contributed by atoms with Gasteiger partial charge in [-0.1, -0.05) is 0 Å². The molecule has 10 heteroatoms. The summed E-state index contributed by atoms with van der Waals surface area (Å²) in [6.45, 7) is 1.64. The predicted octanol–water partition coefficient (Wildman–Crippen LogP) is 1.15. The molecule has 0 atom stereocenters. The fourth-order valence-electron chi connectivity index (χ4n) is 3.06. The summed E-state index contributed by atoms with van der Waals surface area (Å²) in [4.78, 5) is 42.3. The van der Waals surface area contributed by atoms with Crippen LogP contribution in [0, 0.1) is 0 Å². The zero-order chi connectivity index (χ0) is 21.8. The second kappa shape index (κ2) is 8.68. The van der Waals surface area contributed by atoms with Gasteiger partial charge in [0, 0.05) is 25.0 Å². The molecule has 0 bridgehead atoms. The van der Waals surface area contributed by atoms with Crippen LogP contribution >= 0.6 is 0 Å². The number of ether oxygens (including phenoxy) is 3. The lowest BCUT2D eigenvalue weighted by Crippen LogP contribution is -2.42. The van der Waals surface area contributed by atoms with Gasteiger partial charge >= 0.3 is 5.69 Å². The largest absolute Gasteiger partial charge is 0.493 e. The number of carbonyl (C=O) groups is 1. The highest BCUT2D eigenvalue weighted by molar-refractivity contribution is 5.91. The first-order valence-electron chi connectivity index (χ1n) is 9.14. The fraction of sp³-hybridized carbons (Fsp3) is 0.300. The predicted molar refractivity (Wildman–Crippen MR) is 111 cm³/mol. The van der Waals surface area contributed by atoms with Gasteiger partial charge in [0.25, 0.3) is 5.56 Å². The van der Waals surface area contributed by atoms with Gasteiger partial charge in [-0.3, -0.25) is 14.2 Å². The van der Waals surface area contributed by atoms with Crippen LogP contribution in [0.3, 0.4) is 0 Å². The Morgan fingerprint density at radius 1 is 1.10 bits per heavy atom. The van der Waals surface area contributed by atoms with Crippen molar-refractivity contribution in [1.29, 1.82) is 0 Å². The number of carbonyl (C=O) groups excluding carboxylic acids is 1. The maximum atomic E-state index is 13.0. The number of aromatic nitrogens is 3. The third-order valence-electron chi connectivity index (χ3n) is 4.46. The van der Waals surface area contributed by atoms with Gasteiger partial charge < -0.3 is 19.5 Å². The summed E-state index contributed by atoms with van der Waals surface area (Å²) in [7, 11) is 4.46. The second-order valence-corrected chi connectivity index (χ2v) is 6.29. The quantitative estimate of drug-likeness (QED) is 0.617. The molecular weight excluding hydrogens is 392 g/mol. The van der Waals surface area contributed by atoms with E-state index in [-0.39, 0.29) is 11.0 Å². The van der Waals surface area contributed by atoms with Gasteiger partial charge in [0.05, 0.1) is 20.8 Å². The average Bonchev–Trinajstić information content (AvgIpc) is 2.75. The molecule has 0 aliphatic heterocycles. The number of benzene rings is 1. The normalized spacial score (nSPS) is 10.7. The van der Waals surface area contributed by atoms with E-state index < -0.39 is 23.7 Å². The van der Waals surface area contributed by atoms with E-state index in [0.29, 0.717) is 29.5 Å². The second-order valence-electron chi connectivity index (χ2n) is 6.29. The van der Waals surface area contributed by atoms with Crippen molar-refractivity contribution in [2.75, 3.05) is 26.1 Å². The summed E-state index contributed by atoms with van der Waals surface area (Å²) < 4.78 is 17.9. The molecule has 1 amide bonds. The van der Waals surface area contributed by atoms with E-state index in [2.05, 4.69) is 10.3 Å². The summed E-state index contributed by atoms with van der Waals surface area (Å²) in [5.74, 6) is 0.687. The first-order chi connectivity index (χ1) is 14.4. The molecule has 3 aromatic rings. The standard InChI is InChI=1S/C20H22N4O6/c1-5-30-14-8-9-21-18-17(14)19(26)24(20(27)23(18)2)11-16(25)22-12-6-7-13(28-3)15(10-12)29-4/h6-10H,5,11H2,1-4H3,(H,22,25). The molecule has 0 saturated heterocycles. The van der Waals surface area contributed by atoms with Gasteiger partial charge in [0.2, 0.25) is 5.91 Å². The molecule has 0 radical (unpaired) electrons. The van der Waals surface area contributed by atoms with Crippen molar-refractivity contribution >= 4 is 22.6 Å². The van der Waals surface area contributed by atoms with Crippen LogP contribution in [-0.4, -0.2) is 40.9 Å². The summed E-state index contributed by atoms with van der Waals surface area (Å²) in [5, 5.41) is 2.79. The molecule has 0 aliphatic carbocycles. The minimum Gasteiger partial charge on any atom is -0.493 e. The molecule has 1 aromatic carbocycles. The van der Waals surface area contributed by atoms with Crippen molar-refractivity contribution in [2.45, 2.75) is 13.5 Å². The molecule has 0 unspecified atom stereocenters. The number of nitrogens with one attached hydrogen (secondary N) is 1. The summed E-state index contributed by atoms with van der Waals surface area (Å²) in [6.07, 6.45) is 1.46. The van der Waals surface area contributed by atoms with E-state index in [9.17, 15) is 14.4 Å². The molecule has 10 nitrogen and oxygen atoms in total. The Bertz CT molecular complexity index is 1210. The highest BCUT2D eigenvalue weighted by atomic mass is 16.5. The van der Waals surface area contributed by atoms with E-state index in [0.717, 1.165) is 4.57 Å². The highest BCUT2D eigenvalue weighted by Gasteiger charge is 2.18. The fourth-order valence-corrected chi connectivity index (χ4v) is 3.06. The van der Waals surface area contributed by atoms with Crippen LogP contribution < -0.4 is 30.8 Å². The van der Waals surface area contributed by atoms with Crippen LogP contribution in [0.2, 0.25) is 0 Å². The number of pyridine rings is 1. The minimum atomic E-state index is -0.656. The van der Waals surface area contributed by atoms with Crippen LogP contribution in [0.25, 0.3) is 11.0 Å². The van der Waals surface area contributed by atoms with Crippen LogP contribution in [0.15, 0.2) is 40.1 Å². The number of anilines is 1. The summed E-state index contributed by atoms with van der Waals surface area (Å²) >= 11 is 0. The molecule has 0 fully saturated rings. The minimum absolute atomic E-state index is 0.139. The number of aryl methyl sites for hydroxylation is 1. The molecule has 0 saturated carbocycles. The molecule has 3 rings (SSSR count). The number of nitrogens with zero attached hydrogens (tertiary/aromatic N) is 3. The van der Waals surface area contributed by atoms with Gasteiger partial charge in [-0.2, -0.15) is 0 Å². The third-order valence-corrected chi connectivity index (χ3v) is 4.46. The molecule has 2 aromatic heterocycles. The van der Waals surface area contributed by atoms with E-state index in [1.165, 1.54) is 32.0 Å². The molecule has 1 N–H and O–H groups in total. The summed E-state index contributed by atoms with van der Waals surface area (Å²) in [5.41, 5.74) is -0.685. The van der Waals surface area contributed by atoms with Crippen LogP contribution in [-0.2, 0) is 18.4 Å². The van der Waals surface area contributed by atoms with Crippen LogP contribution in [0.4, 0.5) is 5.69 Å². The van der Waals surface area contributed by atoms with Crippen molar-refractivity contribution in [1.82, 2.24) is 14.1 Å². The maximum absolute atomic E-state index is 13.0. The number of amides is 1. The monoisotopic (exact) mass is 414 g/mol. The Hall–Kier alpha value is -3.82. The SMILES string of the molecule is CCOc1ccnc2c1c(=O)n(CC(=O)Nc1ccc(OC)c(OC)c1)c(=O)n2C. The Morgan fingerprint density at radius 3 is 2.50 bits per heavy atom. The highest BCUT2D eigenvalue weighted by Crippen LogP contribution is 2.29. The number of rotatable bonds is 7. The lowest BCUT2D eigenvalue weighted by molar-refractivity contribution is -0.116. The molecule has 30 heavy (non-hydrogen) atoms. The number of methoxy groups -OCH3 is 2. The molecule has 158 valence electrons. The lowest BCUT2D eigenvalue weighted by Gasteiger charge is -2.13. The molecule has 0 aliphatic rings. The Balaban J connectivity index is 1.97. The van der Waals surface area contributed by atoms with E-state index in [1.54, 1.807) is 31.2 Å². The van der Waals surface area contributed by atoms with Gasteiger partial charge in [-0.05, 0) is 25.1 Å². The average molecular weight is 414 g/mol. The molecule has 0 spiro atoms. The number of hydrogen-bond acceptors (Lipinski definition) is 7. The Morgan fingerprint density at radius 2 is 1.83 bits per heavy atom. The number of hydrogen-bond donors (Lipinski definition) is 1. The number of fused-ring (bicyclic) bond motifs is 1. The van der Waals surface area contributed by atoms with Gasteiger partial charge in [0.1, 0.15) is 17.7 Å². The first-order valence-corrected chi connectivity index (χ1v) is 9.14. The van der Waals surface area contributed by atoms with E-state index in [1.807, 2.05) is 0 Å².